The second-order valence-corrected chi connectivity index (χ2v) is 8.45. The highest BCUT2D eigenvalue weighted by atomic mass is 35.5. The quantitative estimate of drug-likeness (QED) is 0.537. The fraction of sp³-hybridized carbons (Fsp3) is 0.143. The molecule has 2 aromatic carbocycles. The smallest absolute Gasteiger partial charge is 0.265 e. The van der Waals surface area contributed by atoms with Gasteiger partial charge >= 0.3 is 0 Å². The van der Waals surface area contributed by atoms with Gasteiger partial charge in [0.15, 0.2) is 6.10 Å². The third-order valence-electron chi connectivity index (χ3n) is 4.08. The van der Waals surface area contributed by atoms with Crippen LogP contribution < -0.4 is 14.8 Å². The minimum absolute atomic E-state index is 0.0616. The van der Waals surface area contributed by atoms with Crippen LogP contribution >= 0.6 is 11.6 Å². The van der Waals surface area contributed by atoms with Crippen molar-refractivity contribution in [2.45, 2.75) is 24.3 Å². The van der Waals surface area contributed by atoms with Crippen LogP contribution in [0.15, 0.2) is 78.0 Å². The zero-order chi connectivity index (χ0) is 21.6. The summed E-state index contributed by atoms with van der Waals surface area (Å²) in [6.45, 7) is 1.83. The van der Waals surface area contributed by atoms with Gasteiger partial charge < -0.3 is 10.1 Å². The van der Waals surface area contributed by atoms with E-state index in [1.165, 1.54) is 30.5 Å². The topological polar surface area (TPSA) is 97.4 Å². The first-order valence-corrected chi connectivity index (χ1v) is 11.0. The Morgan fingerprint density at radius 2 is 1.87 bits per heavy atom. The molecule has 0 spiro atoms. The van der Waals surface area contributed by atoms with Crippen molar-refractivity contribution in [1.82, 2.24) is 4.98 Å². The highest BCUT2D eigenvalue weighted by Gasteiger charge is 2.19. The number of hydrogen-bond donors (Lipinski definition) is 2. The first-order chi connectivity index (χ1) is 14.4. The number of anilines is 2. The second kappa shape index (κ2) is 9.60. The number of halogens is 1. The van der Waals surface area contributed by atoms with Gasteiger partial charge in [-0.3, -0.25) is 14.5 Å². The predicted octanol–water partition coefficient (Wildman–Crippen LogP) is 4.33. The number of carbonyl (C=O) groups is 1. The SMILES string of the molecule is CC[C@@H](Oc1cccc(Cl)c1)C(=O)Nc1ccc(S(=O)(=O)Nc2cccnc2)cc1. The van der Waals surface area contributed by atoms with Crippen molar-refractivity contribution >= 4 is 38.9 Å². The number of pyridine rings is 1. The number of ether oxygens (including phenoxy) is 1. The molecule has 2 N–H and O–H groups in total. The van der Waals surface area contributed by atoms with Crippen molar-refractivity contribution in [2.75, 3.05) is 10.0 Å². The number of sulfonamides is 1. The van der Waals surface area contributed by atoms with Gasteiger partial charge in [0.25, 0.3) is 15.9 Å². The van der Waals surface area contributed by atoms with Gasteiger partial charge in [0, 0.05) is 16.9 Å². The largest absolute Gasteiger partial charge is 0.481 e. The summed E-state index contributed by atoms with van der Waals surface area (Å²) in [5, 5.41) is 3.25. The molecule has 0 aliphatic heterocycles. The van der Waals surface area contributed by atoms with E-state index in [0.717, 1.165) is 0 Å². The van der Waals surface area contributed by atoms with E-state index in [-0.39, 0.29) is 10.8 Å². The molecular weight excluding hydrogens is 426 g/mol. The number of nitrogens with one attached hydrogen (secondary N) is 2. The first kappa shape index (κ1) is 21.6. The number of benzene rings is 2. The van der Waals surface area contributed by atoms with E-state index < -0.39 is 16.1 Å². The predicted molar refractivity (Wildman–Crippen MR) is 116 cm³/mol. The Balaban J connectivity index is 1.66. The maximum Gasteiger partial charge on any atom is 0.265 e. The minimum Gasteiger partial charge on any atom is -0.481 e. The summed E-state index contributed by atoms with van der Waals surface area (Å²) in [5.74, 6) is 0.147. The van der Waals surface area contributed by atoms with E-state index in [2.05, 4.69) is 15.0 Å². The van der Waals surface area contributed by atoms with Crippen molar-refractivity contribution in [3.8, 4) is 5.75 Å². The molecule has 30 heavy (non-hydrogen) atoms. The lowest BCUT2D eigenvalue weighted by molar-refractivity contribution is -0.122. The van der Waals surface area contributed by atoms with Gasteiger partial charge in [-0.1, -0.05) is 24.6 Å². The highest BCUT2D eigenvalue weighted by Crippen LogP contribution is 2.21. The van der Waals surface area contributed by atoms with Crippen LogP contribution in [-0.4, -0.2) is 25.4 Å². The van der Waals surface area contributed by atoms with Crippen LogP contribution in [0.5, 0.6) is 5.75 Å². The van der Waals surface area contributed by atoms with Crippen LogP contribution in [0.2, 0.25) is 5.02 Å². The number of nitrogens with zero attached hydrogens (tertiary/aromatic N) is 1. The molecule has 0 aliphatic carbocycles. The molecule has 156 valence electrons. The van der Waals surface area contributed by atoms with Crippen LogP contribution in [0, 0.1) is 0 Å². The summed E-state index contributed by atoms with van der Waals surface area (Å²) in [6, 6.07) is 15.9. The van der Waals surface area contributed by atoms with Crippen LogP contribution in [0.1, 0.15) is 13.3 Å². The molecule has 3 rings (SSSR count). The summed E-state index contributed by atoms with van der Waals surface area (Å²) < 4.78 is 33.1. The van der Waals surface area contributed by atoms with E-state index in [9.17, 15) is 13.2 Å². The monoisotopic (exact) mass is 445 g/mol. The zero-order valence-electron chi connectivity index (χ0n) is 16.1. The lowest BCUT2D eigenvalue weighted by Gasteiger charge is -2.17. The van der Waals surface area contributed by atoms with Crippen molar-refractivity contribution in [3.63, 3.8) is 0 Å². The summed E-state index contributed by atoms with van der Waals surface area (Å²) >= 11 is 5.95. The van der Waals surface area contributed by atoms with Gasteiger partial charge in [-0.25, -0.2) is 8.42 Å². The lowest BCUT2D eigenvalue weighted by atomic mass is 10.2. The second-order valence-electron chi connectivity index (χ2n) is 6.33. The molecule has 1 amide bonds. The summed E-state index contributed by atoms with van der Waals surface area (Å²) in [6.07, 6.45) is 2.69. The van der Waals surface area contributed by atoms with E-state index in [0.29, 0.717) is 28.6 Å². The third-order valence-corrected chi connectivity index (χ3v) is 5.72. The van der Waals surface area contributed by atoms with Crippen LogP contribution in [0.25, 0.3) is 0 Å². The maximum atomic E-state index is 12.5. The summed E-state index contributed by atoms with van der Waals surface area (Å²) in [5.41, 5.74) is 0.812. The summed E-state index contributed by atoms with van der Waals surface area (Å²) in [7, 11) is -3.76. The maximum absolute atomic E-state index is 12.5. The zero-order valence-corrected chi connectivity index (χ0v) is 17.7. The number of aromatic nitrogens is 1. The van der Waals surface area contributed by atoms with Gasteiger partial charge in [0.2, 0.25) is 0 Å². The molecule has 1 atom stereocenters. The Bertz CT molecular complexity index is 1110. The first-order valence-electron chi connectivity index (χ1n) is 9.13. The highest BCUT2D eigenvalue weighted by molar-refractivity contribution is 7.92. The van der Waals surface area contributed by atoms with E-state index in [4.69, 9.17) is 16.3 Å². The molecule has 9 heteroatoms. The van der Waals surface area contributed by atoms with Gasteiger partial charge in [-0.15, -0.1) is 0 Å². The number of hydrogen-bond acceptors (Lipinski definition) is 5. The van der Waals surface area contributed by atoms with Crippen molar-refractivity contribution in [3.05, 3.63) is 78.1 Å². The molecule has 1 aromatic heterocycles. The van der Waals surface area contributed by atoms with E-state index in [1.807, 2.05) is 6.92 Å². The van der Waals surface area contributed by atoms with Gasteiger partial charge in [0.05, 0.1) is 16.8 Å². The Hall–Kier alpha value is -3.10. The van der Waals surface area contributed by atoms with Gasteiger partial charge in [-0.05, 0) is 61.0 Å². The van der Waals surface area contributed by atoms with Crippen molar-refractivity contribution in [2.24, 2.45) is 0 Å². The average molecular weight is 446 g/mol. The molecule has 0 unspecified atom stereocenters. The molecule has 3 aromatic rings. The molecule has 0 bridgehead atoms. The lowest BCUT2D eigenvalue weighted by Crippen LogP contribution is -2.32. The normalized spacial score (nSPS) is 12.1. The van der Waals surface area contributed by atoms with E-state index in [1.54, 1.807) is 42.6 Å². The number of carbonyl (C=O) groups excluding carboxylic acids is 1. The van der Waals surface area contributed by atoms with Gasteiger partial charge in [-0.2, -0.15) is 0 Å². The van der Waals surface area contributed by atoms with Gasteiger partial charge in [0.1, 0.15) is 5.75 Å². The van der Waals surface area contributed by atoms with Crippen LogP contribution in [0.3, 0.4) is 0 Å². The van der Waals surface area contributed by atoms with Crippen molar-refractivity contribution in [1.29, 1.82) is 0 Å². The molecule has 1 heterocycles. The minimum atomic E-state index is -3.76. The standard InChI is InChI=1S/C21H20ClN3O4S/c1-2-20(29-18-7-3-5-15(22)13-18)21(26)24-16-8-10-19(11-9-16)30(27,28)25-17-6-4-12-23-14-17/h3-14,20,25H,2H2,1H3,(H,24,26)/t20-/m1/s1. The molecular formula is C21H20ClN3O4S. The molecule has 7 nitrogen and oxygen atoms in total. The van der Waals surface area contributed by atoms with E-state index >= 15 is 0 Å². The average Bonchev–Trinajstić information content (AvgIpc) is 2.73. The fourth-order valence-electron chi connectivity index (χ4n) is 2.60. The Kier molecular flexibility index (Phi) is 6.91. The Labute approximate surface area is 180 Å². The van der Waals surface area contributed by atoms with Crippen molar-refractivity contribution < 1.29 is 17.9 Å². The third kappa shape index (κ3) is 5.71. The molecule has 0 fully saturated rings. The Morgan fingerprint density at radius 1 is 1.10 bits per heavy atom. The number of amides is 1. The number of rotatable bonds is 8. The molecule has 0 aliphatic rings. The molecule has 0 saturated carbocycles. The van der Waals surface area contributed by atoms with Crippen LogP contribution in [0.4, 0.5) is 11.4 Å². The summed E-state index contributed by atoms with van der Waals surface area (Å²) in [4.78, 5) is 16.5. The fourth-order valence-corrected chi connectivity index (χ4v) is 3.83. The molecule has 0 radical (unpaired) electrons. The van der Waals surface area contributed by atoms with Crippen LogP contribution in [-0.2, 0) is 14.8 Å². The Morgan fingerprint density at radius 3 is 2.50 bits per heavy atom. The molecule has 0 saturated heterocycles.